The van der Waals surface area contributed by atoms with Crippen molar-refractivity contribution in [2.24, 2.45) is 45.7 Å². The maximum absolute atomic E-state index is 12.7. The summed E-state index contributed by atoms with van der Waals surface area (Å²) in [6.07, 6.45) is 11.1. The van der Waals surface area contributed by atoms with E-state index in [0.29, 0.717) is 40.3 Å². The van der Waals surface area contributed by atoms with E-state index >= 15 is 0 Å². The molecule has 10 atom stereocenters. The minimum absolute atomic E-state index is 0.0193. The molecule has 0 aromatic carbocycles. The standard InChI is InChI=1S/C31H53INO5/c1-20(9-12-26(35)32-17-7-8-27(36)38-6)22-10-11-23-29(22,3)15-14-24-30(4)16-13-21(34)18-28(30,2)19-25(37-5)31(23,24)33/h20-25,34H,7-19,33H2,1-6H3/q-1/t20-,21-,22-,23?,24?,25+,28+,29-,30-,31-/m1/s1. The van der Waals surface area contributed by atoms with E-state index in [1.165, 1.54) is 20.0 Å². The van der Waals surface area contributed by atoms with Gasteiger partial charge < -0.3 is 5.11 Å². The Bertz CT molecular complexity index is 884. The SMILES string of the molecule is COC(=O)CCC[I-]C(=O)CC[C@@H](C)[C@H]1CCC2[C@@]3(N)C(CC[C@@]21C)[C@@]1(C)CC[C@@H](O)C[C@@]1(C)C[C@@H]3OC. The molecule has 0 bridgehead atoms. The van der Waals surface area contributed by atoms with Gasteiger partial charge in [0, 0.05) is 0 Å². The van der Waals surface area contributed by atoms with Gasteiger partial charge in [-0.05, 0) is 0 Å². The number of carbonyl (C=O) groups is 2. The van der Waals surface area contributed by atoms with Crippen LogP contribution in [0.15, 0.2) is 0 Å². The van der Waals surface area contributed by atoms with Gasteiger partial charge in [-0.2, -0.15) is 0 Å². The van der Waals surface area contributed by atoms with Gasteiger partial charge in [-0.25, -0.2) is 0 Å². The minimum atomic E-state index is -0.500. The van der Waals surface area contributed by atoms with Crippen molar-refractivity contribution in [3.05, 3.63) is 0 Å². The number of aliphatic hydroxyl groups excluding tert-OH is 1. The summed E-state index contributed by atoms with van der Waals surface area (Å²) < 4.78 is 12.3. The second-order valence-corrected chi connectivity index (χ2v) is 17.1. The van der Waals surface area contributed by atoms with Crippen LogP contribution in [-0.4, -0.2) is 51.3 Å². The first-order chi connectivity index (χ1) is 17.9. The number of ether oxygens (including phenoxy) is 2. The molecule has 0 aromatic heterocycles. The molecule has 220 valence electrons. The van der Waals surface area contributed by atoms with Gasteiger partial charge in [-0.3, -0.25) is 0 Å². The monoisotopic (exact) mass is 646 g/mol. The summed E-state index contributed by atoms with van der Waals surface area (Å²) >= 11 is -0.500. The second kappa shape index (κ2) is 11.6. The molecule has 38 heavy (non-hydrogen) atoms. The van der Waals surface area contributed by atoms with E-state index in [2.05, 4.69) is 27.7 Å². The molecule has 0 aliphatic heterocycles. The average Bonchev–Trinajstić information content (AvgIpc) is 3.24. The summed E-state index contributed by atoms with van der Waals surface area (Å²) in [7, 11) is 3.27. The molecule has 0 radical (unpaired) electrons. The molecular weight excluding hydrogens is 593 g/mol. The maximum atomic E-state index is 12.7. The fraction of sp³-hybridized carbons (Fsp3) is 0.935. The summed E-state index contributed by atoms with van der Waals surface area (Å²) in [5.41, 5.74) is 7.71. The van der Waals surface area contributed by atoms with Crippen LogP contribution in [0.2, 0.25) is 0 Å². The van der Waals surface area contributed by atoms with E-state index in [1.54, 1.807) is 0 Å². The van der Waals surface area contributed by atoms with Crippen LogP contribution in [0, 0.1) is 39.9 Å². The Morgan fingerprint density at radius 1 is 1.03 bits per heavy atom. The Labute approximate surface area is 241 Å². The summed E-state index contributed by atoms with van der Waals surface area (Å²) in [5.74, 6) is 1.75. The summed E-state index contributed by atoms with van der Waals surface area (Å²) in [6, 6.07) is 0. The molecule has 0 spiro atoms. The molecule has 4 saturated carbocycles. The number of hydrogen-bond donors (Lipinski definition) is 2. The van der Waals surface area contributed by atoms with Crippen molar-refractivity contribution in [3.8, 4) is 0 Å². The van der Waals surface area contributed by atoms with Crippen LogP contribution in [0.5, 0.6) is 0 Å². The predicted molar refractivity (Wildman–Crippen MR) is 145 cm³/mol. The third kappa shape index (κ3) is 5.13. The molecule has 0 saturated heterocycles. The van der Waals surface area contributed by atoms with E-state index < -0.39 is 21.2 Å². The van der Waals surface area contributed by atoms with Gasteiger partial charge in [0.1, 0.15) is 0 Å². The molecule has 2 unspecified atom stereocenters. The molecule has 0 aromatic rings. The van der Waals surface area contributed by atoms with Crippen molar-refractivity contribution in [2.45, 2.75) is 122 Å². The molecule has 4 rings (SSSR count). The number of methoxy groups -OCH3 is 2. The normalized spacial score (nSPS) is 45.1. The van der Waals surface area contributed by atoms with E-state index in [-0.39, 0.29) is 40.0 Å². The molecule has 4 aliphatic rings. The first-order valence-corrected chi connectivity index (χ1v) is 17.6. The molecule has 3 N–H and O–H groups in total. The molecule has 7 heteroatoms. The quantitative estimate of drug-likeness (QED) is 0.124. The first kappa shape index (κ1) is 30.7. The number of rotatable bonds is 10. The molecule has 4 aliphatic carbocycles. The van der Waals surface area contributed by atoms with Crippen LogP contribution in [0.1, 0.15) is 105 Å². The topological polar surface area (TPSA) is 98.9 Å². The van der Waals surface area contributed by atoms with E-state index in [1.807, 2.05) is 7.11 Å². The molecule has 6 nitrogen and oxygen atoms in total. The second-order valence-electron chi connectivity index (χ2n) is 14.0. The van der Waals surface area contributed by atoms with Crippen LogP contribution in [-0.2, 0) is 19.1 Å². The molecule has 0 heterocycles. The van der Waals surface area contributed by atoms with Crippen LogP contribution in [0.3, 0.4) is 0 Å². The van der Waals surface area contributed by atoms with Crippen LogP contribution >= 0.6 is 0 Å². The van der Waals surface area contributed by atoms with Crippen molar-refractivity contribution in [2.75, 3.05) is 18.6 Å². The molecule has 4 fully saturated rings. The van der Waals surface area contributed by atoms with Crippen molar-refractivity contribution < 1.29 is 45.4 Å². The van der Waals surface area contributed by atoms with E-state index in [9.17, 15) is 14.7 Å². The zero-order valence-electron chi connectivity index (χ0n) is 24.7. The Balaban J connectivity index is 1.44. The van der Waals surface area contributed by atoms with Crippen molar-refractivity contribution in [3.63, 3.8) is 0 Å². The molecule has 0 amide bonds. The van der Waals surface area contributed by atoms with E-state index in [0.717, 1.165) is 55.8 Å². The van der Waals surface area contributed by atoms with Gasteiger partial charge in [0.15, 0.2) is 0 Å². The Kier molecular flexibility index (Phi) is 9.34. The zero-order valence-corrected chi connectivity index (χ0v) is 26.8. The zero-order chi connectivity index (χ0) is 27.9. The number of hydrogen-bond acceptors (Lipinski definition) is 6. The number of aliphatic hydroxyl groups is 1. The Morgan fingerprint density at radius 2 is 1.76 bits per heavy atom. The summed E-state index contributed by atoms with van der Waals surface area (Å²) in [4.78, 5) is 24.0. The number of nitrogens with two attached hydrogens (primary N) is 1. The van der Waals surface area contributed by atoms with Gasteiger partial charge in [-0.15, -0.1) is 0 Å². The van der Waals surface area contributed by atoms with Crippen molar-refractivity contribution in [1.29, 1.82) is 0 Å². The van der Waals surface area contributed by atoms with Gasteiger partial charge in [0.25, 0.3) is 0 Å². The van der Waals surface area contributed by atoms with Gasteiger partial charge in [0.2, 0.25) is 0 Å². The summed E-state index contributed by atoms with van der Waals surface area (Å²) in [5, 5.41) is 10.6. The Morgan fingerprint density at radius 3 is 2.45 bits per heavy atom. The van der Waals surface area contributed by atoms with Crippen molar-refractivity contribution in [1.82, 2.24) is 0 Å². The number of alkyl halides is 1. The number of carbonyl (C=O) groups excluding carboxylic acids is 2. The predicted octanol–water partition coefficient (Wildman–Crippen LogP) is 2.09. The average molecular weight is 647 g/mol. The van der Waals surface area contributed by atoms with E-state index in [4.69, 9.17) is 15.2 Å². The molecular formula is C31H53INO5-. The van der Waals surface area contributed by atoms with Gasteiger partial charge in [0.05, 0.1) is 6.10 Å². The fourth-order valence-corrected chi connectivity index (χ4v) is 12.2. The van der Waals surface area contributed by atoms with Gasteiger partial charge >= 0.3 is 231 Å². The van der Waals surface area contributed by atoms with Crippen molar-refractivity contribution >= 4 is 9.76 Å². The first-order valence-electron chi connectivity index (χ1n) is 15.0. The number of fused-ring (bicyclic) bond motifs is 5. The third-order valence-electron chi connectivity index (χ3n) is 12.4. The van der Waals surface area contributed by atoms with Crippen LogP contribution in [0.25, 0.3) is 0 Å². The number of halogens is 1. The fourth-order valence-electron chi connectivity index (χ4n) is 10.1. The number of esters is 1. The van der Waals surface area contributed by atoms with Crippen LogP contribution in [0.4, 0.5) is 0 Å². The summed E-state index contributed by atoms with van der Waals surface area (Å²) in [6.45, 7) is 9.75. The van der Waals surface area contributed by atoms with Crippen LogP contribution < -0.4 is 26.9 Å². The Hall–Kier alpha value is -0.250. The third-order valence-corrected chi connectivity index (χ3v) is 15.1. The van der Waals surface area contributed by atoms with Gasteiger partial charge in [-0.1, -0.05) is 0 Å².